The van der Waals surface area contributed by atoms with E-state index < -0.39 is 0 Å². The molecule has 2 aliphatic carbocycles. The zero-order valence-corrected chi connectivity index (χ0v) is 31.9. The number of aromatic nitrogens is 1. The van der Waals surface area contributed by atoms with Crippen molar-refractivity contribution in [2.75, 3.05) is 4.90 Å². The predicted octanol–water partition coefficient (Wildman–Crippen LogP) is 15.2. The molecule has 0 spiro atoms. The lowest BCUT2D eigenvalue weighted by molar-refractivity contribution is 0.855. The van der Waals surface area contributed by atoms with Crippen LogP contribution in [0.1, 0.15) is 31.2 Å². The second-order valence-corrected chi connectivity index (χ2v) is 15.7. The van der Waals surface area contributed by atoms with Crippen LogP contribution < -0.4 is 4.90 Å². The van der Waals surface area contributed by atoms with E-state index in [4.69, 9.17) is 0 Å². The van der Waals surface area contributed by atoms with Crippen molar-refractivity contribution in [3.63, 3.8) is 0 Å². The normalized spacial score (nSPS) is 14.8. The van der Waals surface area contributed by atoms with Gasteiger partial charge in [0.15, 0.2) is 0 Å². The first-order chi connectivity index (χ1) is 27.2. The molecule has 1 aromatic heterocycles. The van der Waals surface area contributed by atoms with E-state index in [1.54, 1.807) is 0 Å². The van der Waals surface area contributed by atoms with Crippen molar-refractivity contribution in [1.29, 1.82) is 0 Å². The van der Waals surface area contributed by atoms with Crippen molar-refractivity contribution in [2.24, 2.45) is 0 Å². The highest BCUT2D eigenvalue weighted by Crippen LogP contribution is 2.44. The molecular weight excluding hydrogens is 732 g/mol. The highest BCUT2D eigenvalue weighted by atomic mass is 79.9. The van der Waals surface area contributed by atoms with Crippen LogP contribution in [0, 0.1) is 0 Å². The molecule has 0 saturated carbocycles. The average molecular weight is 770 g/mol. The average Bonchev–Trinajstić information content (AvgIpc) is 3.58. The second-order valence-electron chi connectivity index (χ2n) is 14.9. The van der Waals surface area contributed by atoms with E-state index in [0.29, 0.717) is 0 Å². The van der Waals surface area contributed by atoms with Gasteiger partial charge in [0.1, 0.15) is 0 Å². The van der Waals surface area contributed by atoms with Crippen molar-refractivity contribution in [3.8, 4) is 11.3 Å². The molecule has 3 heteroatoms. The van der Waals surface area contributed by atoms with Gasteiger partial charge in [0.25, 0.3) is 0 Å². The van der Waals surface area contributed by atoms with E-state index in [0.717, 1.165) is 41.4 Å². The number of H-pyrrole nitrogens is 1. The van der Waals surface area contributed by atoms with E-state index in [1.165, 1.54) is 93.4 Å². The Hall–Kier alpha value is -6.16. The van der Waals surface area contributed by atoms with Gasteiger partial charge in [-0.2, -0.15) is 0 Å². The quantitative estimate of drug-likeness (QED) is 0.167. The molecule has 8 aromatic carbocycles. The lowest BCUT2D eigenvalue weighted by Gasteiger charge is -2.31. The van der Waals surface area contributed by atoms with Gasteiger partial charge in [0.2, 0.25) is 0 Å². The molecule has 9 aromatic rings. The largest absolute Gasteiger partial charge is 0.354 e. The maximum Gasteiger partial charge on any atom is 0.0615 e. The minimum atomic E-state index is 0.991. The first kappa shape index (κ1) is 32.3. The van der Waals surface area contributed by atoms with Crippen LogP contribution in [-0.4, -0.2) is 4.98 Å². The molecule has 1 heterocycles. The van der Waals surface area contributed by atoms with Crippen LogP contribution in [0.4, 0.5) is 11.4 Å². The van der Waals surface area contributed by atoms with E-state index in [-0.39, 0.29) is 0 Å². The van der Waals surface area contributed by atoms with Crippen molar-refractivity contribution >= 4 is 86.9 Å². The highest BCUT2D eigenvalue weighted by Gasteiger charge is 2.22. The third-order valence-electron chi connectivity index (χ3n) is 11.9. The number of para-hydroxylation sites is 1. The molecular formula is C52H37BrN2. The molecule has 0 aliphatic heterocycles. The SMILES string of the molecule is Brc1c(-c2ccc3ccc4cccc5ccc2c3c45)[nH]c2cc(C3=CC=C(C4=CC=C(N(c5ccccc5)c5cccc6ccccc56)CC4)CC3)ccc12. The second kappa shape index (κ2) is 13.0. The Morgan fingerprint density at radius 3 is 1.91 bits per heavy atom. The standard InChI is InChI=1S/C52H37BrN2/c53-51-46-31-26-40(32-47(46)54-52(51)45-30-25-39-21-20-37-10-6-11-38-24-29-44(45)50(39)49(37)38)35-18-16-33(17-19-35)34-22-27-42(28-23-34)55(41-12-2-1-3-13-41)48-15-7-9-36-8-4-5-14-43(36)48/h1-16,18,20-22,24-27,29-32,54H,17,19,23,28H2. The maximum atomic E-state index is 4.01. The molecule has 0 bridgehead atoms. The van der Waals surface area contributed by atoms with Crippen LogP contribution in [0.3, 0.4) is 0 Å². The molecule has 55 heavy (non-hydrogen) atoms. The number of hydrogen-bond donors (Lipinski definition) is 1. The number of hydrogen-bond acceptors (Lipinski definition) is 1. The van der Waals surface area contributed by atoms with Gasteiger partial charge in [0, 0.05) is 33.2 Å². The van der Waals surface area contributed by atoms with Gasteiger partial charge in [0.05, 0.1) is 15.9 Å². The van der Waals surface area contributed by atoms with E-state index in [1.807, 2.05) is 0 Å². The fourth-order valence-corrected chi connectivity index (χ4v) is 9.83. The number of aromatic amines is 1. The molecule has 11 rings (SSSR count). The Bertz CT molecular complexity index is 3080. The van der Waals surface area contributed by atoms with Crippen LogP contribution in [0.15, 0.2) is 191 Å². The van der Waals surface area contributed by atoms with Gasteiger partial charge in [-0.3, -0.25) is 0 Å². The van der Waals surface area contributed by atoms with E-state index in [9.17, 15) is 0 Å². The summed E-state index contributed by atoms with van der Waals surface area (Å²) >= 11 is 4.01. The predicted molar refractivity (Wildman–Crippen MR) is 238 cm³/mol. The van der Waals surface area contributed by atoms with Crippen LogP contribution in [-0.2, 0) is 0 Å². The summed E-state index contributed by atoms with van der Waals surface area (Å²) in [6.45, 7) is 0. The van der Waals surface area contributed by atoms with Crippen LogP contribution in [0.5, 0.6) is 0 Å². The number of benzene rings is 8. The summed E-state index contributed by atoms with van der Waals surface area (Å²) in [5, 5.41) is 11.6. The number of allylic oxidation sites excluding steroid dienone is 8. The van der Waals surface area contributed by atoms with Crippen LogP contribution in [0.25, 0.3) is 70.8 Å². The zero-order chi connectivity index (χ0) is 36.5. The van der Waals surface area contributed by atoms with Gasteiger partial charge in [-0.05, 0) is 132 Å². The Morgan fingerprint density at radius 2 is 1.11 bits per heavy atom. The number of rotatable bonds is 6. The number of halogens is 1. The Kier molecular flexibility index (Phi) is 7.63. The summed E-state index contributed by atoms with van der Waals surface area (Å²) in [5.74, 6) is 0. The van der Waals surface area contributed by atoms with Gasteiger partial charge in [-0.25, -0.2) is 0 Å². The summed E-state index contributed by atoms with van der Waals surface area (Å²) in [7, 11) is 0. The Balaban J connectivity index is 0.904. The van der Waals surface area contributed by atoms with Gasteiger partial charge >= 0.3 is 0 Å². The lowest BCUT2D eigenvalue weighted by Crippen LogP contribution is -2.18. The summed E-state index contributed by atoms with van der Waals surface area (Å²) in [6.07, 6.45) is 13.5. The highest BCUT2D eigenvalue weighted by molar-refractivity contribution is 9.10. The fraction of sp³-hybridized carbons (Fsp3) is 0.0769. The van der Waals surface area contributed by atoms with Crippen molar-refractivity contribution in [1.82, 2.24) is 4.98 Å². The smallest absolute Gasteiger partial charge is 0.0615 e. The first-order valence-corrected chi connectivity index (χ1v) is 20.1. The molecule has 0 radical (unpaired) electrons. The van der Waals surface area contributed by atoms with Crippen molar-refractivity contribution < 1.29 is 0 Å². The Labute approximate surface area is 328 Å². The molecule has 0 unspecified atom stereocenters. The lowest BCUT2D eigenvalue weighted by atomic mass is 9.86. The molecule has 1 N–H and O–H groups in total. The minimum Gasteiger partial charge on any atom is -0.354 e. The van der Waals surface area contributed by atoms with E-state index >= 15 is 0 Å². The fourth-order valence-electron chi connectivity index (χ4n) is 9.17. The molecule has 0 amide bonds. The van der Waals surface area contributed by atoms with Crippen molar-refractivity contribution in [2.45, 2.75) is 25.7 Å². The topological polar surface area (TPSA) is 19.0 Å². The maximum absolute atomic E-state index is 4.01. The molecule has 2 aliphatic rings. The molecule has 0 saturated heterocycles. The van der Waals surface area contributed by atoms with Crippen molar-refractivity contribution in [3.05, 3.63) is 197 Å². The Morgan fingerprint density at radius 1 is 0.473 bits per heavy atom. The number of nitrogens with zero attached hydrogens (tertiary/aromatic N) is 1. The first-order valence-electron chi connectivity index (χ1n) is 19.3. The summed E-state index contributed by atoms with van der Waals surface area (Å²) in [6, 6.07) is 53.2. The monoisotopic (exact) mass is 768 g/mol. The van der Waals surface area contributed by atoms with Gasteiger partial charge in [-0.1, -0.05) is 140 Å². The number of anilines is 2. The molecule has 0 fully saturated rings. The number of fused-ring (bicyclic) bond motifs is 2. The number of nitrogens with one attached hydrogen (secondary N) is 1. The summed E-state index contributed by atoms with van der Waals surface area (Å²) in [4.78, 5) is 6.28. The molecule has 2 nitrogen and oxygen atoms in total. The molecule has 262 valence electrons. The van der Waals surface area contributed by atoms with Gasteiger partial charge < -0.3 is 9.88 Å². The summed E-state index contributed by atoms with van der Waals surface area (Å²) in [5.41, 5.74) is 12.8. The van der Waals surface area contributed by atoms with Crippen LogP contribution >= 0.6 is 15.9 Å². The zero-order valence-electron chi connectivity index (χ0n) is 30.3. The summed E-state index contributed by atoms with van der Waals surface area (Å²) < 4.78 is 1.12. The minimum absolute atomic E-state index is 0.991. The van der Waals surface area contributed by atoms with Crippen LogP contribution in [0.2, 0.25) is 0 Å². The van der Waals surface area contributed by atoms with E-state index in [2.05, 4.69) is 196 Å². The van der Waals surface area contributed by atoms with Gasteiger partial charge in [-0.15, -0.1) is 0 Å². The third kappa shape index (κ3) is 5.37. The third-order valence-corrected chi connectivity index (χ3v) is 12.7. The molecule has 0 atom stereocenters.